The fourth-order valence-electron chi connectivity index (χ4n) is 3.06. The van der Waals surface area contributed by atoms with Crippen molar-refractivity contribution in [3.63, 3.8) is 0 Å². The molecule has 0 bridgehead atoms. The van der Waals surface area contributed by atoms with Gasteiger partial charge in [-0.25, -0.2) is 0 Å². The van der Waals surface area contributed by atoms with Crippen LogP contribution in [-0.4, -0.2) is 25.0 Å². The van der Waals surface area contributed by atoms with Gasteiger partial charge in [0.05, 0.1) is 21.7 Å². The minimum Gasteiger partial charge on any atom is -0.490 e. The van der Waals surface area contributed by atoms with Crippen molar-refractivity contribution >= 4 is 75.7 Å². The normalized spacial score (nSPS) is 10.9. The molecule has 7 nitrogen and oxygen atoms in total. The molecule has 0 aromatic heterocycles. The van der Waals surface area contributed by atoms with Gasteiger partial charge in [-0.3, -0.25) is 9.59 Å². The van der Waals surface area contributed by atoms with E-state index in [1.165, 1.54) is 18.2 Å². The number of benzene rings is 3. The third-order valence-electron chi connectivity index (χ3n) is 4.64. The number of nitriles is 1. The van der Waals surface area contributed by atoms with Crippen LogP contribution >= 0.6 is 46.4 Å². The lowest BCUT2D eigenvalue weighted by Gasteiger charge is -2.15. The molecule has 0 heterocycles. The van der Waals surface area contributed by atoms with Crippen molar-refractivity contribution in [1.82, 2.24) is 0 Å². The van der Waals surface area contributed by atoms with E-state index < -0.39 is 11.8 Å². The van der Waals surface area contributed by atoms with E-state index in [0.29, 0.717) is 32.0 Å². The fraction of sp³-hybridized carbons (Fsp3) is 0.115. The zero-order valence-electron chi connectivity index (χ0n) is 19.3. The molecule has 0 unspecified atom stereocenters. The highest BCUT2D eigenvalue weighted by molar-refractivity contribution is 6.42. The van der Waals surface area contributed by atoms with Crippen molar-refractivity contribution in [2.45, 2.75) is 6.92 Å². The second kappa shape index (κ2) is 13.2. The van der Waals surface area contributed by atoms with Crippen molar-refractivity contribution < 1.29 is 19.1 Å². The molecule has 0 aliphatic rings. The first-order chi connectivity index (χ1) is 17.7. The van der Waals surface area contributed by atoms with Gasteiger partial charge in [0.25, 0.3) is 11.8 Å². The second-order valence-corrected chi connectivity index (χ2v) is 9.02. The van der Waals surface area contributed by atoms with Crippen LogP contribution in [0.1, 0.15) is 12.5 Å². The van der Waals surface area contributed by atoms with E-state index in [1.807, 2.05) is 6.07 Å². The summed E-state index contributed by atoms with van der Waals surface area (Å²) < 4.78 is 11.2. The molecule has 190 valence electrons. The fourth-order valence-corrected chi connectivity index (χ4v) is 3.82. The molecular weight excluding hydrogens is 560 g/mol. The summed E-state index contributed by atoms with van der Waals surface area (Å²) >= 11 is 24.2. The van der Waals surface area contributed by atoms with Crippen molar-refractivity contribution in [1.29, 1.82) is 5.26 Å². The topological polar surface area (TPSA) is 100 Å². The van der Waals surface area contributed by atoms with E-state index in [-0.39, 0.29) is 35.3 Å². The molecule has 3 aromatic carbocycles. The van der Waals surface area contributed by atoms with Crippen LogP contribution in [0.5, 0.6) is 11.5 Å². The van der Waals surface area contributed by atoms with Crippen LogP contribution in [0.25, 0.3) is 6.08 Å². The Labute approximate surface area is 233 Å². The highest BCUT2D eigenvalue weighted by Crippen LogP contribution is 2.37. The summed E-state index contributed by atoms with van der Waals surface area (Å²) in [6.45, 7) is 1.66. The van der Waals surface area contributed by atoms with E-state index in [4.69, 9.17) is 55.9 Å². The summed E-state index contributed by atoms with van der Waals surface area (Å²) in [6, 6.07) is 16.1. The molecule has 11 heteroatoms. The summed E-state index contributed by atoms with van der Waals surface area (Å²) in [5, 5.41) is 16.0. The summed E-state index contributed by atoms with van der Waals surface area (Å²) in [4.78, 5) is 25.0. The maximum atomic E-state index is 12.6. The van der Waals surface area contributed by atoms with E-state index in [9.17, 15) is 14.9 Å². The Balaban J connectivity index is 1.77. The molecule has 0 aliphatic carbocycles. The highest BCUT2D eigenvalue weighted by atomic mass is 35.5. The molecule has 0 saturated heterocycles. The second-order valence-electron chi connectivity index (χ2n) is 7.36. The Hall–Kier alpha value is -3.41. The number of ether oxygens (including phenoxy) is 2. The van der Waals surface area contributed by atoms with E-state index in [1.54, 1.807) is 49.4 Å². The number of rotatable bonds is 9. The quantitative estimate of drug-likeness (QED) is 0.205. The SMILES string of the molecule is CCOc1cc(/C=C(/C#N)C(=O)Nc2cccc(Cl)c2)cc(Cl)c1OCC(=O)Nc1ccc(Cl)c(Cl)c1. The van der Waals surface area contributed by atoms with Gasteiger partial charge in [0.15, 0.2) is 18.1 Å². The minimum atomic E-state index is -0.627. The first-order valence-corrected chi connectivity index (χ1v) is 12.2. The predicted octanol–water partition coefficient (Wildman–Crippen LogP) is 7.26. The van der Waals surface area contributed by atoms with Gasteiger partial charge in [-0.1, -0.05) is 52.5 Å². The lowest BCUT2D eigenvalue weighted by atomic mass is 10.1. The molecule has 0 radical (unpaired) electrons. The number of nitrogens with zero attached hydrogens (tertiary/aromatic N) is 1. The van der Waals surface area contributed by atoms with E-state index in [2.05, 4.69) is 10.6 Å². The van der Waals surface area contributed by atoms with Gasteiger partial charge in [-0.2, -0.15) is 5.26 Å². The zero-order chi connectivity index (χ0) is 26.9. The number of halogens is 4. The van der Waals surface area contributed by atoms with Crippen molar-refractivity contribution in [2.75, 3.05) is 23.8 Å². The average molecular weight is 579 g/mol. The molecule has 3 aromatic rings. The smallest absolute Gasteiger partial charge is 0.266 e. The molecular formula is C26H19Cl4N3O4. The largest absolute Gasteiger partial charge is 0.490 e. The molecule has 2 amide bonds. The van der Waals surface area contributed by atoms with Crippen LogP contribution in [0.3, 0.4) is 0 Å². The van der Waals surface area contributed by atoms with Gasteiger partial charge in [0, 0.05) is 16.4 Å². The van der Waals surface area contributed by atoms with Gasteiger partial charge in [-0.05, 0) is 67.1 Å². The first kappa shape index (κ1) is 28.2. The molecule has 0 atom stereocenters. The molecule has 2 N–H and O–H groups in total. The summed E-state index contributed by atoms with van der Waals surface area (Å²) in [5.74, 6) is -0.730. The van der Waals surface area contributed by atoms with Gasteiger partial charge in [-0.15, -0.1) is 0 Å². The Morgan fingerprint density at radius 3 is 2.35 bits per heavy atom. The monoisotopic (exact) mass is 577 g/mol. The Kier molecular flexibility index (Phi) is 10.1. The molecule has 0 fully saturated rings. The van der Waals surface area contributed by atoms with Gasteiger partial charge in [0.2, 0.25) is 0 Å². The number of carbonyl (C=O) groups is 2. The predicted molar refractivity (Wildman–Crippen MR) is 147 cm³/mol. The Morgan fingerprint density at radius 2 is 1.68 bits per heavy atom. The molecule has 3 rings (SSSR count). The van der Waals surface area contributed by atoms with Crippen molar-refractivity contribution in [2.24, 2.45) is 0 Å². The standard InChI is InChI=1S/C26H19Cl4N3O4/c1-2-36-23-10-15(8-16(13-31)26(35)33-18-5-3-4-17(27)11-18)9-22(30)25(23)37-14-24(34)32-19-6-7-20(28)21(29)12-19/h3-12H,2,14H2,1H3,(H,32,34)(H,33,35)/b16-8-. The Morgan fingerprint density at radius 1 is 0.919 bits per heavy atom. The lowest BCUT2D eigenvalue weighted by molar-refractivity contribution is -0.118. The third kappa shape index (κ3) is 8.04. The Bertz CT molecular complexity index is 1400. The number of nitrogens with one attached hydrogen (secondary N) is 2. The maximum Gasteiger partial charge on any atom is 0.266 e. The van der Waals surface area contributed by atoms with Crippen molar-refractivity contribution in [3.05, 3.63) is 85.8 Å². The number of hydrogen-bond donors (Lipinski definition) is 2. The average Bonchev–Trinajstić information content (AvgIpc) is 2.84. The van der Waals surface area contributed by atoms with E-state index >= 15 is 0 Å². The molecule has 0 aliphatic heterocycles. The van der Waals surface area contributed by atoms with Crippen LogP contribution < -0.4 is 20.1 Å². The number of anilines is 2. The minimum absolute atomic E-state index is 0.118. The zero-order valence-corrected chi connectivity index (χ0v) is 22.3. The van der Waals surface area contributed by atoms with Gasteiger partial charge < -0.3 is 20.1 Å². The molecule has 0 saturated carbocycles. The van der Waals surface area contributed by atoms with Crippen molar-refractivity contribution in [3.8, 4) is 17.6 Å². The number of hydrogen-bond acceptors (Lipinski definition) is 5. The summed E-state index contributed by atoms with van der Waals surface area (Å²) in [7, 11) is 0. The molecule has 0 spiro atoms. The van der Waals surface area contributed by atoms with E-state index in [0.717, 1.165) is 0 Å². The maximum absolute atomic E-state index is 12.6. The summed E-state index contributed by atoms with van der Waals surface area (Å²) in [5.41, 5.74) is 1.13. The third-order valence-corrected chi connectivity index (χ3v) is 5.90. The van der Waals surface area contributed by atoms with Crippen LogP contribution in [0.4, 0.5) is 11.4 Å². The lowest BCUT2D eigenvalue weighted by Crippen LogP contribution is -2.20. The molecule has 37 heavy (non-hydrogen) atoms. The number of amides is 2. The van der Waals surface area contributed by atoms with Crippen LogP contribution in [0.2, 0.25) is 20.1 Å². The first-order valence-electron chi connectivity index (χ1n) is 10.7. The number of carbonyl (C=O) groups excluding carboxylic acids is 2. The van der Waals surface area contributed by atoms with Crippen LogP contribution in [0.15, 0.2) is 60.2 Å². The van der Waals surface area contributed by atoms with Gasteiger partial charge in [0.1, 0.15) is 11.6 Å². The highest BCUT2D eigenvalue weighted by Gasteiger charge is 2.16. The summed E-state index contributed by atoms with van der Waals surface area (Å²) in [6.07, 6.45) is 1.36. The van der Waals surface area contributed by atoms with Crippen LogP contribution in [0, 0.1) is 11.3 Å². The van der Waals surface area contributed by atoms with Crippen LogP contribution in [-0.2, 0) is 9.59 Å². The van der Waals surface area contributed by atoms with Gasteiger partial charge >= 0.3 is 0 Å².